The summed E-state index contributed by atoms with van der Waals surface area (Å²) in [6, 6.07) is 1.65. The zero-order valence-corrected chi connectivity index (χ0v) is 11.3. The van der Waals surface area contributed by atoms with Crippen LogP contribution in [-0.2, 0) is 0 Å². The highest BCUT2D eigenvalue weighted by Crippen LogP contribution is 2.28. The number of halogens is 1. The molecular formula is C12H15BrN2O2. The molecule has 4 nitrogen and oxygen atoms in total. The van der Waals surface area contributed by atoms with Crippen molar-refractivity contribution in [3.63, 3.8) is 0 Å². The van der Waals surface area contributed by atoms with Gasteiger partial charge in [0.2, 0.25) is 0 Å². The first-order chi connectivity index (χ1) is 8.09. The Labute approximate surface area is 109 Å². The number of aromatic carboxylic acids is 1. The Hall–Kier alpha value is -1.10. The summed E-state index contributed by atoms with van der Waals surface area (Å²) in [5.74, 6) is -0.0619. The summed E-state index contributed by atoms with van der Waals surface area (Å²) in [6.45, 7) is 3.73. The second kappa shape index (κ2) is 5.04. The minimum absolute atomic E-state index is 0.262. The highest BCUT2D eigenvalue weighted by molar-refractivity contribution is 9.10. The molecule has 0 bridgehead atoms. The fourth-order valence-corrected chi connectivity index (χ4v) is 2.68. The average Bonchev–Trinajstić information content (AvgIpc) is 2.32. The third-order valence-electron chi connectivity index (χ3n) is 3.03. The summed E-state index contributed by atoms with van der Waals surface area (Å²) in [5, 5.41) is 9.02. The van der Waals surface area contributed by atoms with E-state index in [9.17, 15) is 4.79 Å². The standard InChI is InChI=1S/C12H15BrN2O2/c1-8-9(12(16)17)7-10(13)11(14-8)15-5-3-2-4-6-15/h7H,2-6H2,1H3,(H,16,17). The van der Waals surface area contributed by atoms with Crippen molar-refractivity contribution in [2.75, 3.05) is 18.0 Å². The number of anilines is 1. The number of carbonyl (C=O) groups is 1. The molecule has 92 valence electrons. The fraction of sp³-hybridized carbons (Fsp3) is 0.500. The van der Waals surface area contributed by atoms with Gasteiger partial charge in [0.1, 0.15) is 5.82 Å². The third kappa shape index (κ3) is 2.60. The van der Waals surface area contributed by atoms with Gasteiger partial charge in [-0.15, -0.1) is 0 Å². The van der Waals surface area contributed by atoms with Gasteiger partial charge in [-0.1, -0.05) is 0 Å². The van der Waals surface area contributed by atoms with Gasteiger partial charge in [-0.3, -0.25) is 0 Å². The second-order valence-corrected chi connectivity index (χ2v) is 5.13. The monoisotopic (exact) mass is 298 g/mol. The molecule has 2 rings (SSSR count). The molecule has 0 spiro atoms. The van der Waals surface area contributed by atoms with Gasteiger partial charge in [-0.2, -0.15) is 0 Å². The molecule has 0 radical (unpaired) electrons. The summed E-state index contributed by atoms with van der Waals surface area (Å²) in [7, 11) is 0. The van der Waals surface area contributed by atoms with Gasteiger partial charge in [0, 0.05) is 13.1 Å². The zero-order chi connectivity index (χ0) is 12.4. The minimum Gasteiger partial charge on any atom is -0.478 e. The van der Waals surface area contributed by atoms with Crippen molar-refractivity contribution in [1.29, 1.82) is 0 Å². The Morgan fingerprint density at radius 2 is 2.06 bits per heavy atom. The van der Waals surface area contributed by atoms with E-state index in [1.165, 1.54) is 19.3 Å². The first-order valence-corrected chi connectivity index (χ1v) is 6.54. The fourth-order valence-electron chi connectivity index (χ4n) is 2.11. The molecule has 0 aromatic carbocycles. The predicted molar refractivity (Wildman–Crippen MR) is 69.7 cm³/mol. The largest absolute Gasteiger partial charge is 0.478 e. The molecule has 1 N–H and O–H groups in total. The SMILES string of the molecule is Cc1nc(N2CCCCC2)c(Br)cc1C(=O)O. The number of rotatable bonds is 2. The van der Waals surface area contributed by atoms with Crippen LogP contribution in [0.1, 0.15) is 35.3 Å². The molecular weight excluding hydrogens is 284 g/mol. The summed E-state index contributed by atoms with van der Waals surface area (Å²) in [4.78, 5) is 17.6. The number of pyridine rings is 1. The number of aromatic nitrogens is 1. The van der Waals surface area contributed by atoms with Gasteiger partial charge in [0.15, 0.2) is 0 Å². The Kier molecular flexibility index (Phi) is 3.66. The van der Waals surface area contributed by atoms with Crippen LogP contribution in [0, 0.1) is 6.92 Å². The first-order valence-electron chi connectivity index (χ1n) is 5.75. The van der Waals surface area contributed by atoms with Crippen LogP contribution in [0.15, 0.2) is 10.5 Å². The normalized spacial score (nSPS) is 16.0. The maximum absolute atomic E-state index is 11.0. The maximum Gasteiger partial charge on any atom is 0.337 e. The zero-order valence-electron chi connectivity index (χ0n) is 9.74. The number of piperidine rings is 1. The van der Waals surface area contributed by atoms with Crippen LogP contribution < -0.4 is 4.90 Å². The number of carboxylic acids is 1. The molecule has 5 heteroatoms. The van der Waals surface area contributed by atoms with E-state index in [1.807, 2.05) is 0 Å². The highest BCUT2D eigenvalue weighted by atomic mass is 79.9. The molecule has 1 fully saturated rings. The second-order valence-electron chi connectivity index (χ2n) is 4.28. The van der Waals surface area contributed by atoms with E-state index in [1.54, 1.807) is 13.0 Å². The van der Waals surface area contributed by atoms with Crippen LogP contribution in [0.3, 0.4) is 0 Å². The molecule has 0 atom stereocenters. The Morgan fingerprint density at radius 1 is 1.41 bits per heavy atom. The molecule has 0 unspecified atom stereocenters. The molecule has 1 aromatic heterocycles. The number of aryl methyl sites for hydroxylation is 1. The number of nitrogens with zero attached hydrogens (tertiary/aromatic N) is 2. The van der Waals surface area contributed by atoms with Crippen LogP contribution in [-0.4, -0.2) is 29.1 Å². The van der Waals surface area contributed by atoms with Crippen molar-refractivity contribution in [3.05, 3.63) is 21.8 Å². The van der Waals surface area contributed by atoms with Crippen molar-refractivity contribution in [2.45, 2.75) is 26.2 Å². The number of hydrogen-bond acceptors (Lipinski definition) is 3. The van der Waals surface area contributed by atoms with Crippen molar-refractivity contribution in [3.8, 4) is 0 Å². The molecule has 1 saturated heterocycles. The van der Waals surface area contributed by atoms with Gasteiger partial charge >= 0.3 is 5.97 Å². The summed E-state index contributed by atoms with van der Waals surface area (Å²) in [6.07, 6.45) is 3.61. The molecule has 0 saturated carbocycles. The topological polar surface area (TPSA) is 53.4 Å². The molecule has 1 aromatic rings. The minimum atomic E-state index is -0.930. The van der Waals surface area contributed by atoms with E-state index in [-0.39, 0.29) is 5.56 Å². The molecule has 1 aliphatic heterocycles. The van der Waals surface area contributed by atoms with Crippen molar-refractivity contribution < 1.29 is 9.90 Å². The Morgan fingerprint density at radius 3 is 2.65 bits per heavy atom. The highest BCUT2D eigenvalue weighted by Gasteiger charge is 2.18. The third-order valence-corrected chi connectivity index (χ3v) is 3.62. The summed E-state index contributed by atoms with van der Waals surface area (Å²) < 4.78 is 0.766. The lowest BCUT2D eigenvalue weighted by molar-refractivity contribution is 0.0695. The van der Waals surface area contributed by atoms with E-state index in [0.717, 1.165) is 23.4 Å². The smallest absolute Gasteiger partial charge is 0.337 e. The quantitative estimate of drug-likeness (QED) is 0.912. The van der Waals surface area contributed by atoms with Gasteiger partial charge in [-0.25, -0.2) is 9.78 Å². The van der Waals surface area contributed by atoms with Crippen LogP contribution >= 0.6 is 15.9 Å². The summed E-state index contributed by atoms with van der Waals surface area (Å²) >= 11 is 3.42. The van der Waals surface area contributed by atoms with Crippen LogP contribution in [0.2, 0.25) is 0 Å². The lowest BCUT2D eigenvalue weighted by Crippen LogP contribution is -2.30. The van der Waals surface area contributed by atoms with Gasteiger partial charge in [-0.05, 0) is 48.2 Å². The van der Waals surface area contributed by atoms with Crippen LogP contribution in [0.25, 0.3) is 0 Å². The number of carboxylic acid groups (broad SMARTS) is 1. The van der Waals surface area contributed by atoms with Crippen molar-refractivity contribution in [2.24, 2.45) is 0 Å². The van der Waals surface area contributed by atoms with Crippen molar-refractivity contribution >= 4 is 27.7 Å². The van der Waals surface area contributed by atoms with Gasteiger partial charge in [0.25, 0.3) is 0 Å². The molecule has 2 heterocycles. The predicted octanol–water partition coefficient (Wildman–Crippen LogP) is 2.84. The number of hydrogen-bond donors (Lipinski definition) is 1. The van der Waals surface area contributed by atoms with E-state index >= 15 is 0 Å². The van der Waals surface area contributed by atoms with Crippen molar-refractivity contribution in [1.82, 2.24) is 4.98 Å². The molecule has 17 heavy (non-hydrogen) atoms. The molecule has 0 amide bonds. The molecule has 0 aliphatic carbocycles. The van der Waals surface area contributed by atoms with E-state index in [4.69, 9.17) is 5.11 Å². The van der Waals surface area contributed by atoms with Crippen LogP contribution in [0.5, 0.6) is 0 Å². The average molecular weight is 299 g/mol. The van der Waals surface area contributed by atoms with Gasteiger partial charge < -0.3 is 10.0 Å². The first kappa shape index (κ1) is 12.4. The Balaban J connectivity index is 2.35. The van der Waals surface area contributed by atoms with E-state index in [0.29, 0.717) is 5.69 Å². The lowest BCUT2D eigenvalue weighted by Gasteiger charge is -2.29. The maximum atomic E-state index is 11.0. The van der Waals surface area contributed by atoms with Crippen LogP contribution in [0.4, 0.5) is 5.82 Å². The lowest BCUT2D eigenvalue weighted by atomic mass is 10.1. The van der Waals surface area contributed by atoms with Gasteiger partial charge in [0.05, 0.1) is 15.7 Å². The van der Waals surface area contributed by atoms with E-state index in [2.05, 4.69) is 25.8 Å². The summed E-state index contributed by atoms with van der Waals surface area (Å²) in [5.41, 5.74) is 0.832. The molecule has 1 aliphatic rings. The van der Waals surface area contributed by atoms with E-state index < -0.39 is 5.97 Å². The Bertz CT molecular complexity index is 442.